The lowest BCUT2D eigenvalue weighted by atomic mass is 10.1. The molecule has 0 aliphatic rings. The molecule has 3 aromatic carbocycles. The lowest BCUT2D eigenvalue weighted by Gasteiger charge is -2.09. The van der Waals surface area contributed by atoms with E-state index in [1.807, 2.05) is 38.1 Å². The molecule has 0 saturated carbocycles. The predicted molar refractivity (Wildman–Crippen MR) is 112 cm³/mol. The molecule has 0 aliphatic heterocycles. The Balaban J connectivity index is 1.81. The van der Waals surface area contributed by atoms with Gasteiger partial charge in [0.15, 0.2) is 0 Å². The molecule has 4 nitrogen and oxygen atoms in total. The number of halogens is 1. The van der Waals surface area contributed by atoms with Crippen molar-refractivity contribution in [2.45, 2.75) is 13.8 Å². The number of hydrogen-bond donors (Lipinski definition) is 1. The fourth-order valence-corrected chi connectivity index (χ4v) is 3.69. The molecule has 0 aliphatic carbocycles. The van der Waals surface area contributed by atoms with Gasteiger partial charge < -0.3 is 9.73 Å². The Morgan fingerprint density at radius 1 is 1.00 bits per heavy atom. The van der Waals surface area contributed by atoms with Crippen molar-refractivity contribution in [1.82, 2.24) is 0 Å². The van der Waals surface area contributed by atoms with Crippen LogP contribution >= 0.6 is 15.9 Å². The minimum absolute atomic E-state index is 0.0678. The van der Waals surface area contributed by atoms with E-state index in [4.69, 9.17) is 4.42 Å². The molecule has 4 rings (SSSR count). The molecule has 1 amide bonds. The highest BCUT2D eigenvalue weighted by molar-refractivity contribution is 9.10. The Morgan fingerprint density at radius 3 is 2.56 bits per heavy atom. The summed E-state index contributed by atoms with van der Waals surface area (Å²) in [7, 11) is 0. The number of fused-ring (bicyclic) bond motifs is 2. The zero-order valence-electron chi connectivity index (χ0n) is 14.8. The SMILES string of the molecule is Cc1cc(C)c2oc3cc(NC(=O)c4ccccc4Br)ccc3c(=O)c2c1. The summed E-state index contributed by atoms with van der Waals surface area (Å²) in [6, 6.07) is 16.1. The van der Waals surface area contributed by atoms with Gasteiger partial charge in [-0.1, -0.05) is 18.2 Å². The normalized spacial score (nSPS) is 11.1. The van der Waals surface area contributed by atoms with Gasteiger partial charge in [-0.3, -0.25) is 9.59 Å². The number of carbonyl (C=O) groups excluding carboxylic acids is 1. The van der Waals surface area contributed by atoms with Crippen molar-refractivity contribution in [3.05, 3.63) is 86.0 Å². The van der Waals surface area contributed by atoms with Gasteiger partial charge in [-0.15, -0.1) is 0 Å². The van der Waals surface area contributed by atoms with E-state index < -0.39 is 0 Å². The number of aryl methyl sites for hydroxylation is 2. The second kappa shape index (κ2) is 6.67. The van der Waals surface area contributed by atoms with Gasteiger partial charge in [0.2, 0.25) is 5.43 Å². The Kier molecular flexibility index (Phi) is 4.32. The Bertz CT molecular complexity index is 1270. The minimum atomic E-state index is -0.239. The molecule has 1 heterocycles. The van der Waals surface area contributed by atoms with Crippen molar-refractivity contribution >= 4 is 49.5 Å². The molecule has 0 radical (unpaired) electrons. The number of amides is 1. The number of benzene rings is 3. The zero-order chi connectivity index (χ0) is 19.1. The fourth-order valence-electron chi connectivity index (χ4n) is 3.23. The van der Waals surface area contributed by atoms with Crippen molar-refractivity contribution in [3.63, 3.8) is 0 Å². The van der Waals surface area contributed by atoms with E-state index in [-0.39, 0.29) is 11.3 Å². The first-order valence-corrected chi connectivity index (χ1v) is 9.27. The summed E-state index contributed by atoms with van der Waals surface area (Å²) in [5, 5.41) is 3.92. The first-order chi connectivity index (χ1) is 12.9. The van der Waals surface area contributed by atoms with Crippen LogP contribution < -0.4 is 10.7 Å². The Labute approximate surface area is 163 Å². The molecule has 0 atom stereocenters. The quantitative estimate of drug-likeness (QED) is 0.429. The molecule has 0 unspecified atom stereocenters. The highest BCUT2D eigenvalue weighted by atomic mass is 79.9. The summed E-state index contributed by atoms with van der Waals surface area (Å²) in [5.41, 5.74) is 3.98. The summed E-state index contributed by atoms with van der Waals surface area (Å²) in [6.45, 7) is 3.87. The molecule has 0 saturated heterocycles. The van der Waals surface area contributed by atoms with Gasteiger partial charge in [0.05, 0.1) is 16.3 Å². The van der Waals surface area contributed by atoms with Crippen LogP contribution in [0.1, 0.15) is 21.5 Å². The maximum atomic E-state index is 12.8. The molecule has 1 N–H and O–H groups in total. The van der Waals surface area contributed by atoms with Gasteiger partial charge in [0.1, 0.15) is 11.2 Å². The highest BCUT2D eigenvalue weighted by Gasteiger charge is 2.13. The molecule has 0 spiro atoms. The van der Waals surface area contributed by atoms with Crippen LogP contribution in [0.15, 0.2) is 68.3 Å². The van der Waals surface area contributed by atoms with Crippen LogP contribution in [0.3, 0.4) is 0 Å². The van der Waals surface area contributed by atoms with E-state index in [0.717, 1.165) is 11.1 Å². The summed E-state index contributed by atoms with van der Waals surface area (Å²) < 4.78 is 6.72. The zero-order valence-corrected chi connectivity index (χ0v) is 16.4. The number of rotatable bonds is 2. The molecule has 0 fully saturated rings. The van der Waals surface area contributed by atoms with Gasteiger partial charge in [-0.2, -0.15) is 0 Å². The number of hydrogen-bond acceptors (Lipinski definition) is 3. The molecular formula is C22H16BrNO3. The van der Waals surface area contributed by atoms with Crippen molar-refractivity contribution in [1.29, 1.82) is 0 Å². The topological polar surface area (TPSA) is 59.3 Å². The van der Waals surface area contributed by atoms with Crippen molar-refractivity contribution in [2.24, 2.45) is 0 Å². The van der Waals surface area contributed by atoms with Crippen molar-refractivity contribution < 1.29 is 9.21 Å². The van der Waals surface area contributed by atoms with Crippen LogP contribution in [0.4, 0.5) is 5.69 Å². The van der Waals surface area contributed by atoms with Crippen LogP contribution in [0.5, 0.6) is 0 Å². The second-order valence-corrected chi connectivity index (χ2v) is 7.39. The summed E-state index contributed by atoms with van der Waals surface area (Å²) >= 11 is 3.38. The van der Waals surface area contributed by atoms with E-state index in [1.54, 1.807) is 30.3 Å². The average Bonchev–Trinajstić information content (AvgIpc) is 2.63. The third-order valence-corrected chi connectivity index (χ3v) is 5.17. The van der Waals surface area contributed by atoms with E-state index in [1.165, 1.54) is 0 Å². The molecule has 4 aromatic rings. The maximum Gasteiger partial charge on any atom is 0.256 e. The third-order valence-electron chi connectivity index (χ3n) is 4.48. The van der Waals surface area contributed by atoms with Gasteiger partial charge in [0.25, 0.3) is 5.91 Å². The minimum Gasteiger partial charge on any atom is -0.455 e. The first-order valence-electron chi connectivity index (χ1n) is 8.48. The van der Waals surface area contributed by atoms with Crippen LogP contribution in [0.2, 0.25) is 0 Å². The lowest BCUT2D eigenvalue weighted by molar-refractivity contribution is 0.102. The molecule has 134 valence electrons. The van der Waals surface area contributed by atoms with E-state index in [2.05, 4.69) is 21.2 Å². The van der Waals surface area contributed by atoms with Crippen LogP contribution in [-0.2, 0) is 0 Å². The molecule has 0 bridgehead atoms. The summed E-state index contributed by atoms with van der Waals surface area (Å²) in [5.74, 6) is -0.239. The molecule has 1 aromatic heterocycles. The average molecular weight is 422 g/mol. The first kappa shape index (κ1) is 17.5. The molecule has 5 heteroatoms. The summed E-state index contributed by atoms with van der Waals surface area (Å²) in [4.78, 5) is 25.3. The van der Waals surface area contributed by atoms with E-state index >= 15 is 0 Å². The second-order valence-electron chi connectivity index (χ2n) is 6.53. The van der Waals surface area contributed by atoms with Gasteiger partial charge in [0, 0.05) is 16.2 Å². The summed E-state index contributed by atoms with van der Waals surface area (Å²) in [6.07, 6.45) is 0. The monoisotopic (exact) mass is 421 g/mol. The molecular weight excluding hydrogens is 406 g/mol. The highest BCUT2D eigenvalue weighted by Crippen LogP contribution is 2.25. The van der Waals surface area contributed by atoms with E-state index in [0.29, 0.717) is 37.7 Å². The largest absolute Gasteiger partial charge is 0.455 e. The predicted octanol–water partition coefficient (Wildman–Crippen LogP) is 5.58. The van der Waals surface area contributed by atoms with Crippen LogP contribution in [-0.4, -0.2) is 5.91 Å². The van der Waals surface area contributed by atoms with Crippen molar-refractivity contribution in [2.75, 3.05) is 5.32 Å². The third kappa shape index (κ3) is 3.15. The fraction of sp³-hybridized carbons (Fsp3) is 0.0909. The number of carbonyl (C=O) groups is 1. The number of nitrogens with one attached hydrogen (secondary N) is 1. The standard InChI is InChI=1S/C22H16BrNO3/c1-12-9-13(2)21-17(10-12)20(25)16-8-7-14(11-19(16)27-21)24-22(26)15-5-3-4-6-18(15)23/h3-11H,1-2H3,(H,24,26). The van der Waals surface area contributed by atoms with E-state index in [9.17, 15) is 9.59 Å². The van der Waals surface area contributed by atoms with Crippen LogP contribution in [0.25, 0.3) is 21.9 Å². The van der Waals surface area contributed by atoms with Gasteiger partial charge >= 0.3 is 0 Å². The van der Waals surface area contributed by atoms with Gasteiger partial charge in [-0.05, 0) is 71.2 Å². The van der Waals surface area contributed by atoms with Gasteiger partial charge in [-0.25, -0.2) is 0 Å². The lowest BCUT2D eigenvalue weighted by Crippen LogP contribution is -2.12. The smallest absolute Gasteiger partial charge is 0.256 e. The Hall–Kier alpha value is -2.92. The molecule has 27 heavy (non-hydrogen) atoms. The number of anilines is 1. The van der Waals surface area contributed by atoms with Crippen LogP contribution in [0, 0.1) is 13.8 Å². The van der Waals surface area contributed by atoms with Crippen molar-refractivity contribution in [3.8, 4) is 0 Å². The Morgan fingerprint density at radius 2 is 1.78 bits per heavy atom. The maximum absolute atomic E-state index is 12.8.